The van der Waals surface area contributed by atoms with E-state index in [9.17, 15) is 15.2 Å². The van der Waals surface area contributed by atoms with Crippen molar-refractivity contribution in [2.75, 3.05) is 5.73 Å². The summed E-state index contributed by atoms with van der Waals surface area (Å²) in [6, 6.07) is 8.81. The van der Waals surface area contributed by atoms with E-state index < -0.39 is 7.12 Å². The summed E-state index contributed by atoms with van der Waals surface area (Å²) in [5, 5.41) is 27.8. The van der Waals surface area contributed by atoms with Gasteiger partial charge in [0, 0.05) is 5.56 Å². The lowest BCUT2D eigenvalue weighted by atomic mass is 9.79. The number of nitrogen functional groups attached to an aromatic ring is 1. The predicted molar refractivity (Wildman–Crippen MR) is 85.8 cm³/mol. The normalized spacial score (nSPS) is 11.5. The fourth-order valence-corrected chi connectivity index (χ4v) is 2.14. The van der Waals surface area contributed by atoms with Gasteiger partial charge in [-0.25, -0.2) is 4.99 Å². The maximum Gasteiger partial charge on any atom is 0.488 e. The summed E-state index contributed by atoms with van der Waals surface area (Å²) in [7, 11) is -1.69. The first kappa shape index (κ1) is 15.7. The Bertz CT molecular complexity index is 691. The van der Waals surface area contributed by atoms with Gasteiger partial charge in [0.2, 0.25) is 0 Å². The molecule has 2 aromatic rings. The van der Waals surface area contributed by atoms with E-state index in [0.717, 1.165) is 0 Å². The smallest absolute Gasteiger partial charge is 0.488 e. The molecule has 0 atom stereocenters. The largest absolute Gasteiger partial charge is 0.508 e. The zero-order valence-electron chi connectivity index (χ0n) is 10.7. The van der Waals surface area contributed by atoms with Gasteiger partial charge in [-0.3, -0.25) is 0 Å². The number of nitrogens with two attached hydrogens (primary N) is 1. The number of halogens is 2. The number of rotatable bonds is 3. The van der Waals surface area contributed by atoms with Crippen molar-refractivity contribution < 1.29 is 15.2 Å². The molecule has 0 saturated heterocycles. The highest BCUT2D eigenvalue weighted by atomic mass is 35.5. The van der Waals surface area contributed by atoms with Gasteiger partial charge in [0.1, 0.15) is 10.9 Å². The quantitative estimate of drug-likeness (QED) is 0.391. The molecule has 0 aliphatic heterocycles. The average molecular weight is 325 g/mol. The zero-order valence-corrected chi connectivity index (χ0v) is 12.2. The molecule has 0 spiro atoms. The van der Waals surface area contributed by atoms with E-state index in [0.29, 0.717) is 11.3 Å². The van der Waals surface area contributed by atoms with Gasteiger partial charge in [-0.15, -0.1) is 0 Å². The third-order valence-corrected chi connectivity index (χ3v) is 3.35. The van der Waals surface area contributed by atoms with Crippen molar-refractivity contribution in [1.82, 2.24) is 0 Å². The summed E-state index contributed by atoms with van der Waals surface area (Å²) in [5.74, 6) is 0.109. The third-order valence-electron chi connectivity index (χ3n) is 2.75. The van der Waals surface area contributed by atoms with Crippen molar-refractivity contribution in [1.29, 1.82) is 0 Å². The van der Waals surface area contributed by atoms with Crippen LogP contribution in [0.2, 0.25) is 5.02 Å². The molecule has 5 nitrogen and oxygen atoms in total. The number of aliphatic imine (C=N–C) groups is 1. The van der Waals surface area contributed by atoms with E-state index in [1.54, 1.807) is 12.1 Å². The van der Waals surface area contributed by atoms with Gasteiger partial charge in [0.25, 0.3) is 0 Å². The number of hydrogen-bond donors (Lipinski definition) is 4. The Morgan fingerprint density at radius 1 is 1.14 bits per heavy atom. The first-order valence-corrected chi connectivity index (χ1v) is 6.62. The van der Waals surface area contributed by atoms with Crippen LogP contribution in [0.25, 0.3) is 0 Å². The highest BCUT2D eigenvalue weighted by Crippen LogP contribution is 2.25. The van der Waals surface area contributed by atoms with Crippen molar-refractivity contribution in [3.63, 3.8) is 0 Å². The van der Waals surface area contributed by atoms with E-state index in [-0.39, 0.29) is 27.1 Å². The molecule has 0 fully saturated rings. The molecule has 0 aromatic heterocycles. The summed E-state index contributed by atoms with van der Waals surface area (Å²) in [4.78, 5) is 4.14. The van der Waals surface area contributed by atoms with Gasteiger partial charge < -0.3 is 20.9 Å². The molecular formula is C13H11BCl2N2O3. The fourth-order valence-electron chi connectivity index (χ4n) is 1.66. The van der Waals surface area contributed by atoms with Crippen LogP contribution in [0, 0.1) is 0 Å². The van der Waals surface area contributed by atoms with Crippen molar-refractivity contribution >= 4 is 52.3 Å². The summed E-state index contributed by atoms with van der Waals surface area (Å²) < 4.78 is 0. The second-order valence-electron chi connectivity index (χ2n) is 4.26. The Labute approximate surface area is 131 Å². The minimum Gasteiger partial charge on any atom is -0.508 e. The van der Waals surface area contributed by atoms with Crippen molar-refractivity contribution in [3.8, 4) is 5.75 Å². The Balaban J connectivity index is 2.47. The van der Waals surface area contributed by atoms with Gasteiger partial charge in [0.15, 0.2) is 0 Å². The molecule has 0 bridgehead atoms. The van der Waals surface area contributed by atoms with E-state index >= 15 is 0 Å². The van der Waals surface area contributed by atoms with Crippen LogP contribution in [-0.4, -0.2) is 27.4 Å². The van der Waals surface area contributed by atoms with Crippen LogP contribution in [0.4, 0.5) is 11.4 Å². The second-order valence-corrected chi connectivity index (χ2v) is 5.02. The molecule has 5 N–H and O–H groups in total. The van der Waals surface area contributed by atoms with E-state index in [1.165, 1.54) is 24.3 Å². The maximum absolute atomic E-state index is 9.21. The summed E-state index contributed by atoms with van der Waals surface area (Å²) in [5.41, 5.74) is 6.97. The minimum atomic E-state index is -1.69. The first-order valence-electron chi connectivity index (χ1n) is 5.87. The minimum absolute atomic E-state index is 0.0441. The van der Waals surface area contributed by atoms with E-state index in [1.807, 2.05) is 0 Å². The number of hydrogen-bond acceptors (Lipinski definition) is 5. The molecule has 8 heteroatoms. The summed E-state index contributed by atoms with van der Waals surface area (Å²) in [6.07, 6.45) is 0. The van der Waals surface area contributed by atoms with Crippen molar-refractivity contribution in [2.45, 2.75) is 0 Å². The molecule has 2 aromatic carbocycles. The maximum atomic E-state index is 9.21. The number of anilines is 1. The van der Waals surface area contributed by atoms with E-state index in [4.69, 9.17) is 28.9 Å². The van der Waals surface area contributed by atoms with Gasteiger partial charge in [-0.05, 0) is 41.9 Å². The Morgan fingerprint density at radius 3 is 2.33 bits per heavy atom. The number of aromatic hydroxyl groups is 1. The Kier molecular flexibility index (Phi) is 4.75. The highest BCUT2D eigenvalue weighted by Gasteiger charge is 2.17. The number of benzene rings is 2. The van der Waals surface area contributed by atoms with Crippen molar-refractivity contribution in [2.24, 2.45) is 4.99 Å². The topological polar surface area (TPSA) is 99.1 Å². The van der Waals surface area contributed by atoms with E-state index in [2.05, 4.69) is 4.99 Å². The first-order chi connectivity index (χ1) is 9.88. The number of phenols is 1. The molecular weight excluding hydrogens is 314 g/mol. The monoisotopic (exact) mass is 324 g/mol. The molecule has 0 aliphatic rings. The Morgan fingerprint density at radius 2 is 1.76 bits per heavy atom. The molecule has 108 valence electrons. The SMILES string of the molecule is Nc1c(Cl)cc(B(O)O)cc1C(Cl)=Nc1ccc(O)cc1. The lowest BCUT2D eigenvalue weighted by molar-refractivity contribution is 0.426. The molecule has 21 heavy (non-hydrogen) atoms. The lowest BCUT2D eigenvalue weighted by Crippen LogP contribution is -2.30. The van der Waals surface area contributed by atoms with Crippen LogP contribution >= 0.6 is 23.2 Å². The molecule has 0 radical (unpaired) electrons. The highest BCUT2D eigenvalue weighted by molar-refractivity contribution is 6.71. The van der Waals surface area contributed by atoms with Gasteiger partial charge in [0.05, 0.1) is 16.4 Å². The van der Waals surface area contributed by atoms with Crippen LogP contribution in [0.1, 0.15) is 5.56 Å². The van der Waals surface area contributed by atoms with Gasteiger partial charge in [-0.2, -0.15) is 0 Å². The molecule has 0 amide bonds. The summed E-state index contributed by atoms with van der Waals surface area (Å²) >= 11 is 12.1. The van der Waals surface area contributed by atoms with Gasteiger partial charge in [-0.1, -0.05) is 23.2 Å². The Hall–Kier alpha value is -1.73. The predicted octanol–water partition coefficient (Wildman–Crippen LogP) is 1.62. The van der Waals surface area contributed by atoms with Crippen LogP contribution in [0.3, 0.4) is 0 Å². The molecule has 2 rings (SSSR count). The third kappa shape index (κ3) is 3.68. The average Bonchev–Trinajstić information content (AvgIpc) is 2.43. The van der Waals surface area contributed by atoms with Crippen LogP contribution in [0.5, 0.6) is 5.75 Å². The van der Waals surface area contributed by atoms with Crippen LogP contribution in [0.15, 0.2) is 41.4 Å². The molecule has 0 aliphatic carbocycles. The fraction of sp³-hybridized carbons (Fsp3) is 0. The van der Waals surface area contributed by atoms with Crippen LogP contribution in [-0.2, 0) is 0 Å². The zero-order chi connectivity index (χ0) is 15.6. The van der Waals surface area contributed by atoms with Gasteiger partial charge >= 0.3 is 7.12 Å². The number of phenolic OH excluding ortho intramolecular Hbond substituents is 1. The summed E-state index contributed by atoms with van der Waals surface area (Å²) in [6.45, 7) is 0. The molecule has 0 heterocycles. The molecule has 0 unspecified atom stereocenters. The lowest BCUT2D eigenvalue weighted by Gasteiger charge is -2.09. The standard InChI is InChI=1S/C13H11BCl2N2O3/c15-11-6-7(14(20)21)5-10(12(11)17)13(16)18-8-1-3-9(19)4-2-8/h1-6,19-21H,17H2. The second kappa shape index (κ2) is 6.36. The van der Waals surface area contributed by atoms with Crippen molar-refractivity contribution in [3.05, 3.63) is 47.0 Å². The number of nitrogens with zero attached hydrogens (tertiary/aromatic N) is 1. The van der Waals surface area contributed by atoms with Crippen LogP contribution < -0.4 is 11.2 Å². The molecule has 0 saturated carbocycles.